The van der Waals surface area contributed by atoms with E-state index in [-0.39, 0.29) is 0 Å². The monoisotopic (exact) mass is 263 g/mol. The van der Waals surface area contributed by atoms with Crippen molar-refractivity contribution in [3.05, 3.63) is 71.3 Å². The van der Waals surface area contributed by atoms with Gasteiger partial charge in [0.1, 0.15) is 0 Å². The van der Waals surface area contributed by atoms with Crippen LogP contribution in [0.2, 0.25) is 0 Å². The van der Waals surface area contributed by atoms with E-state index in [1.54, 1.807) is 11.1 Å². The molecule has 20 heavy (non-hydrogen) atoms. The van der Waals surface area contributed by atoms with Gasteiger partial charge in [-0.2, -0.15) is 0 Å². The second kappa shape index (κ2) is 4.75. The summed E-state index contributed by atoms with van der Waals surface area (Å²) in [6.45, 7) is 2.31. The highest BCUT2D eigenvalue weighted by atomic mass is 15.0. The zero-order chi connectivity index (χ0) is 13.4. The lowest BCUT2D eigenvalue weighted by atomic mass is 9.58. The third-order valence-corrected chi connectivity index (χ3v) is 5.30. The highest BCUT2D eigenvalue weighted by Crippen LogP contribution is 2.45. The number of rotatable bonds is 2. The van der Waals surface area contributed by atoms with Crippen molar-refractivity contribution in [2.45, 2.75) is 24.7 Å². The van der Waals surface area contributed by atoms with E-state index in [4.69, 9.17) is 0 Å². The summed E-state index contributed by atoms with van der Waals surface area (Å²) in [5, 5.41) is 3.53. The van der Waals surface area contributed by atoms with Crippen LogP contribution >= 0.6 is 0 Å². The van der Waals surface area contributed by atoms with Crippen LogP contribution in [0.25, 0.3) is 0 Å². The van der Waals surface area contributed by atoms with Crippen molar-refractivity contribution in [3.8, 4) is 0 Å². The van der Waals surface area contributed by atoms with E-state index in [1.165, 1.54) is 24.8 Å². The van der Waals surface area contributed by atoms with Gasteiger partial charge in [0.25, 0.3) is 0 Å². The molecule has 1 unspecified atom stereocenters. The van der Waals surface area contributed by atoms with Gasteiger partial charge >= 0.3 is 0 Å². The van der Waals surface area contributed by atoms with Gasteiger partial charge in [0.05, 0.1) is 0 Å². The van der Waals surface area contributed by atoms with E-state index in [1.807, 2.05) is 0 Å². The largest absolute Gasteiger partial charge is 0.315 e. The van der Waals surface area contributed by atoms with E-state index in [0.29, 0.717) is 5.41 Å². The fourth-order valence-corrected chi connectivity index (χ4v) is 4.12. The first-order valence-corrected chi connectivity index (χ1v) is 7.71. The zero-order valence-corrected chi connectivity index (χ0v) is 11.8. The molecule has 0 aromatic heterocycles. The fraction of sp³-hybridized carbons (Fsp3) is 0.368. The maximum absolute atomic E-state index is 3.53. The van der Waals surface area contributed by atoms with Crippen LogP contribution in [0.15, 0.2) is 54.6 Å². The second-order valence-electron chi connectivity index (χ2n) is 6.34. The van der Waals surface area contributed by atoms with Crippen LogP contribution in [0, 0.1) is 5.92 Å². The maximum atomic E-state index is 3.53. The zero-order valence-electron chi connectivity index (χ0n) is 11.8. The topological polar surface area (TPSA) is 12.0 Å². The molecule has 0 radical (unpaired) electrons. The SMILES string of the molecule is c1ccc(CC2CCc3ccccc3C23CNC3)cc1. The van der Waals surface area contributed by atoms with Crippen LogP contribution in [0.1, 0.15) is 23.1 Å². The van der Waals surface area contributed by atoms with Crippen molar-refractivity contribution in [1.82, 2.24) is 5.32 Å². The van der Waals surface area contributed by atoms with Crippen LogP contribution in [0.5, 0.6) is 0 Å². The van der Waals surface area contributed by atoms with Crippen molar-refractivity contribution in [3.63, 3.8) is 0 Å². The van der Waals surface area contributed by atoms with E-state index in [0.717, 1.165) is 19.0 Å². The lowest BCUT2D eigenvalue weighted by molar-refractivity contribution is 0.150. The molecule has 2 aliphatic rings. The van der Waals surface area contributed by atoms with Gasteiger partial charge < -0.3 is 5.32 Å². The molecule has 102 valence electrons. The molecule has 1 saturated heterocycles. The molecular weight excluding hydrogens is 242 g/mol. The van der Waals surface area contributed by atoms with Crippen LogP contribution in [-0.2, 0) is 18.3 Å². The first-order chi connectivity index (χ1) is 9.88. The Bertz CT molecular complexity index is 598. The Kier molecular flexibility index (Phi) is 2.89. The molecule has 4 rings (SSSR count). The molecule has 0 saturated carbocycles. The molecule has 0 amide bonds. The van der Waals surface area contributed by atoms with Gasteiger partial charge in [0.15, 0.2) is 0 Å². The van der Waals surface area contributed by atoms with Crippen molar-refractivity contribution < 1.29 is 0 Å². The van der Waals surface area contributed by atoms with E-state index >= 15 is 0 Å². The number of aryl methyl sites for hydroxylation is 1. The normalized spacial score (nSPS) is 23.1. The molecular formula is C19H21N. The van der Waals surface area contributed by atoms with Gasteiger partial charge in [-0.05, 0) is 41.9 Å². The maximum Gasteiger partial charge on any atom is 0.0236 e. The summed E-state index contributed by atoms with van der Waals surface area (Å²) in [6, 6.07) is 20.1. The van der Waals surface area contributed by atoms with Crippen LogP contribution in [0.4, 0.5) is 0 Å². The summed E-state index contributed by atoms with van der Waals surface area (Å²) in [7, 11) is 0. The smallest absolute Gasteiger partial charge is 0.0236 e. The molecule has 1 heteroatoms. The third kappa shape index (κ3) is 1.81. The summed E-state index contributed by atoms with van der Waals surface area (Å²) >= 11 is 0. The van der Waals surface area contributed by atoms with Crippen LogP contribution < -0.4 is 5.32 Å². The Balaban J connectivity index is 1.68. The number of nitrogens with one attached hydrogen (secondary N) is 1. The first-order valence-electron chi connectivity index (χ1n) is 7.71. The third-order valence-electron chi connectivity index (χ3n) is 5.30. The van der Waals surface area contributed by atoms with Gasteiger partial charge in [-0.15, -0.1) is 0 Å². The predicted molar refractivity (Wildman–Crippen MR) is 82.9 cm³/mol. The van der Waals surface area contributed by atoms with E-state index in [9.17, 15) is 0 Å². The minimum absolute atomic E-state index is 0.394. The minimum atomic E-state index is 0.394. The summed E-state index contributed by atoms with van der Waals surface area (Å²) in [5.41, 5.74) is 5.08. The van der Waals surface area contributed by atoms with E-state index in [2.05, 4.69) is 59.9 Å². The molecule has 1 spiro atoms. The standard InChI is InChI=1S/C19H21N/c1-2-6-15(7-3-1)12-17-11-10-16-8-4-5-9-18(16)19(17)13-20-14-19/h1-9,17,20H,10-14H2. The minimum Gasteiger partial charge on any atom is -0.315 e. The lowest BCUT2D eigenvalue weighted by Gasteiger charge is -2.52. The fourth-order valence-electron chi connectivity index (χ4n) is 4.12. The number of hydrogen-bond acceptors (Lipinski definition) is 1. The molecule has 1 atom stereocenters. The predicted octanol–water partition coefficient (Wildman–Crippen LogP) is 3.33. The Morgan fingerprint density at radius 2 is 1.70 bits per heavy atom. The van der Waals surface area contributed by atoms with E-state index < -0.39 is 0 Å². The summed E-state index contributed by atoms with van der Waals surface area (Å²) in [5.74, 6) is 0.779. The Labute approximate surface area is 121 Å². The average molecular weight is 263 g/mol. The van der Waals surface area contributed by atoms with Crippen molar-refractivity contribution in [2.75, 3.05) is 13.1 Å². The number of fused-ring (bicyclic) bond motifs is 2. The molecule has 1 N–H and O–H groups in total. The Hall–Kier alpha value is -1.60. The number of benzene rings is 2. The lowest BCUT2D eigenvalue weighted by Crippen LogP contribution is -2.62. The van der Waals surface area contributed by atoms with Gasteiger partial charge in [0, 0.05) is 18.5 Å². The Morgan fingerprint density at radius 1 is 0.950 bits per heavy atom. The van der Waals surface area contributed by atoms with Gasteiger partial charge in [0.2, 0.25) is 0 Å². The Morgan fingerprint density at radius 3 is 2.45 bits per heavy atom. The van der Waals surface area contributed by atoms with Crippen LogP contribution in [0.3, 0.4) is 0 Å². The number of hydrogen-bond donors (Lipinski definition) is 1. The van der Waals surface area contributed by atoms with Crippen molar-refractivity contribution in [1.29, 1.82) is 0 Å². The molecule has 1 aliphatic heterocycles. The first kappa shape index (κ1) is 12.2. The second-order valence-corrected chi connectivity index (χ2v) is 6.34. The highest BCUT2D eigenvalue weighted by molar-refractivity contribution is 5.41. The highest BCUT2D eigenvalue weighted by Gasteiger charge is 2.48. The molecule has 2 aromatic carbocycles. The van der Waals surface area contributed by atoms with Crippen molar-refractivity contribution in [2.24, 2.45) is 5.92 Å². The molecule has 2 aromatic rings. The molecule has 1 nitrogen and oxygen atoms in total. The average Bonchev–Trinajstić information content (AvgIpc) is 2.46. The quantitative estimate of drug-likeness (QED) is 0.876. The van der Waals surface area contributed by atoms with Crippen molar-refractivity contribution >= 4 is 0 Å². The van der Waals surface area contributed by atoms with Gasteiger partial charge in [-0.25, -0.2) is 0 Å². The molecule has 1 fully saturated rings. The molecule has 1 aliphatic carbocycles. The molecule has 1 heterocycles. The van der Waals surface area contributed by atoms with Gasteiger partial charge in [-0.3, -0.25) is 0 Å². The summed E-state index contributed by atoms with van der Waals surface area (Å²) in [6.07, 6.45) is 3.79. The summed E-state index contributed by atoms with van der Waals surface area (Å²) in [4.78, 5) is 0. The van der Waals surface area contributed by atoms with Crippen LogP contribution in [-0.4, -0.2) is 13.1 Å². The summed E-state index contributed by atoms with van der Waals surface area (Å²) < 4.78 is 0. The van der Waals surface area contributed by atoms with Gasteiger partial charge in [-0.1, -0.05) is 54.6 Å². The molecule has 0 bridgehead atoms.